The van der Waals surface area contributed by atoms with E-state index >= 15 is 0 Å². The summed E-state index contributed by atoms with van der Waals surface area (Å²) in [7, 11) is 1.67. The topological polar surface area (TPSA) is 51.5 Å². The number of nitrogens with one attached hydrogen (secondary N) is 1. The lowest BCUT2D eigenvalue weighted by atomic mass is 10.0. The maximum absolute atomic E-state index is 6.02. The van der Waals surface area contributed by atoms with E-state index in [2.05, 4.69) is 50.2 Å². The highest BCUT2D eigenvalue weighted by Crippen LogP contribution is 2.42. The molecule has 188 valence electrons. The van der Waals surface area contributed by atoms with Crippen LogP contribution in [-0.2, 0) is 0 Å². The number of hydrogen-bond donors (Lipinski definition) is 1. The average molecular weight is 519 g/mol. The van der Waals surface area contributed by atoms with Gasteiger partial charge in [0, 0.05) is 29.5 Å². The van der Waals surface area contributed by atoms with Gasteiger partial charge in [-0.1, -0.05) is 24.3 Å². The van der Waals surface area contributed by atoms with Crippen molar-refractivity contribution in [2.45, 2.75) is 12.1 Å². The molecule has 6 nitrogen and oxygen atoms in total. The third kappa shape index (κ3) is 4.60. The molecule has 1 fully saturated rings. The molecule has 1 saturated heterocycles. The molecule has 2 aromatic heterocycles. The first-order valence-electron chi connectivity index (χ1n) is 12.4. The summed E-state index contributed by atoms with van der Waals surface area (Å²) in [6.07, 6.45) is 3.89. The second-order valence-electron chi connectivity index (χ2n) is 8.91. The first-order chi connectivity index (χ1) is 18.7. The summed E-state index contributed by atoms with van der Waals surface area (Å²) in [4.78, 5) is 6.84. The van der Waals surface area contributed by atoms with Crippen molar-refractivity contribution in [3.05, 3.63) is 133 Å². The predicted molar refractivity (Wildman–Crippen MR) is 153 cm³/mol. The maximum atomic E-state index is 6.02. The number of para-hydroxylation sites is 1. The van der Waals surface area contributed by atoms with Gasteiger partial charge in [-0.3, -0.25) is 4.98 Å². The van der Waals surface area contributed by atoms with E-state index < -0.39 is 0 Å². The third-order valence-corrected chi connectivity index (χ3v) is 6.94. The van der Waals surface area contributed by atoms with Crippen molar-refractivity contribution in [1.82, 2.24) is 14.9 Å². The Morgan fingerprint density at radius 3 is 2.13 bits per heavy atom. The van der Waals surface area contributed by atoms with Gasteiger partial charge in [0.1, 0.15) is 23.3 Å². The molecule has 5 aromatic rings. The van der Waals surface area contributed by atoms with Gasteiger partial charge in [-0.2, -0.15) is 0 Å². The number of thiocarbonyl (C=S) groups is 1. The summed E-state index contributed by atoms with van der Waals surface area (Å²) in [5, 5.41) is 4.18. The van der Waals surface area contributed by atoms with Crippen molar-refractivity contribution >= 4 is 23.0 Å². The van der Waals surface area contributed by atoms with E-state index in [0.29, 0.717) is 5.11 Å². The van der Waals surface area contributed by atoms with Crippen LogP contribution >= 0.6 is 12.2 Å². The van der Waals surface area contributed by atoms with Gasteiger partial charge in [-0.15, -0.1) is 0 Å². The number of aromatic nitrogens is 2. The Labute approximate surface area is 227 Å². The fraction of sp³-hybridized carbons (Fsp3) is 0.0968. The molecule has 1 aliphatic heterocycles. The van der Waals surface area contributed by atoms with Gasteiger partial charge >= 0.3 is 0 Å². The minimum absolute atomic E-state index is 0.143. The lowest BCUT2D eigenvalue weighted by molar-refractivity contribution is 0.414. The van der Waals surface area contributed by atoms with Crippen LogP contribution < -0.4 is 19.7 Å². The van der Waals surface area contributed by atoms with Crippen LogP contribution in [0.3, 0.4) is 0 Å². The normalized spacial score (nSPS) is 16.8. The Kier molecular flexibility index (Phi) is 6.50. The van der Waals surface area contributed by atoms with Crippen molar-refractivity contribution in [2.24, 2.45) is 0 Å². The lowest BCUT2D eigenvalue weighted by Crippen LogP contribution is -2.30. The number of hydrogen-bond acceptors (Lipinski definition) is 4. The molecule has 3 aromatic carbocycles. The van der Waals surface area contributed by atoms with E-state index in [9.17, 15) is 0 Å². The van der Waals surface area contributed by atoms with Crippen LogP contribution in [-0.4, -0.2) is 21.8 Å². The largest absolute Gasteiger partial charge is 0.497 e. The quantitative estimate of drug-likeness (QED) is 0.238. The molecule has 6 rings (SSSR count). The number of ether oxygens (including phenoxy) is 2. The number of pyridine rings is 1. The molecular formula is C31H26N4O2S. The summed E-state index contributed by atoms with van der Waals surface area (Å²) < 4.78 is 13.6. The molecule has 0 spiro atoms. The van der Waals surface area contributed by atoms with Gasteiger partial charge in [0.25, 0.3) is 0 Å². The van der Waals surface area contributed by atoms with Gasteiger partial charge < -0.3 is 24.3 Å². The second-order valence-corrected chi connectivity index (χ2v) is 9.29. The molecule has 7 heteroatoms. The Hall–Kier alpha value is -4.62. The number of nitrogens with zero attached hydrogens (tertiary/aromatic N) is 3. The van der Waals surface area contributed by atoms with Crippen LogP contribution in [0.5, 0.6) is 17.2 Å². The molecule has 0 radical (unpaired) electrons. The Bertz CT molecular complexity index is 1520. The van der Waals surface area contributed by atoms with Gasteiger partial charge in [-0.25, -0.2) is 0 Å². The van der Waals surface area contributed by atoms with Crippen LogP contribution in [0.25, 0.3) is 5.69 Å². The molecule has 0 amide bonds. The first-order valence-corrected chi connectivity index (χ1v) is 12.8. The minimum Gasteiger partial charge on any atom is -0.497 e. The van der Waals surface area contributed by atoms with Gasteiger partial charge in [0.15, 0.2) is 5.11 Å². The number of rotatable bonds is 7. The van der Waals surface area contributed by atoms with Crippen LogP contribution in [0.15, 0.2) is 122 Å². The molecule has 38 heavy (non-hydrogen) atoms. The number of benzene rings is 3. The van der Waals surface area contributed by atoms with Crippen LogP contribution in [0.4, 0.5) is 5.69 Å². The van der Waals surface area contributed by atoms with Crippen LogP contribution in [0.1, 0.15) is 23.5 Å². The zero-order valence-electron chi connectivity index (χ0n) is 20.8. The van der Waals surface area contributed by atoms with Gasteiger partial charge in [-0.05, 0) is 97.1 Å². The molecule has 3 heterocycles. The van der Waals surface area contributed by atoms with Crippen molar-refractivity contribution in [3.8, 4) is 22.9 Å². The third-order valence-electron chi connectivity index (χ3n) is 6.63. The summed E-state index contributed by atoms with van der Waals surface area (Å²) >= 11 is 5.91. The predicted octanol–water partition coefficient (Wildman–Crippen LogP) is 6.85. The van der Waals surface area contributed by atoms with E-state index in [1.54, 1.807) is 7.11 Å². The van der Waals surface area contributed by atoms with Gasteiger partial charge in [0.2, 0.25) is 0 Å². The van der Waals surface area contributed by atoms with E-state index in [4.69, 9.17) is 21.7 Å². The molecule has 1 aliphatic rings. The molecule has 1 N–H and O–H groups in total. The second kappa shape index (κ2) is 10.4. The summed E-state index contributed by atoms with van der Waals surface area (Å²) in [5.41, 5.74) is 4.01. The maximum Gasteiger partial charge on any atom is 0.174 e. The highest BCUT2D eigenvalue weighted by Gasteiger charge is 2.42. The molecular weight excluding hydrogens is 492 g/mol. The minimum atomic E-state index is -0.143. The van der Waals surface area contributed by atoms with Crippen molar-refractivity contribution in [3.63, 3.8) is 0 Å². The van der Waals surface area contributed by atoms with E-state index in [-0.39, 0.29) is 12.1 Å². The lowest BCUT2D eigenvalue weighted by Gasteiger charge is -2.29. The number of methoxy groups -OCH3 is 1. The Morgan fingerprint density at radius 1 is 0.737 bits per heavy atom. The Morgan fingerprint density at radius 2 is 1.42 bits per heavy atom. The van der Waals surface area contributed by atoms with Crippen molar-refractivity contribution in [1.29, 1.82) is 0 Å². The molecule has 2 atom stereocenters. The SMILES string of the molecule is COc1ccc(-n2cccc2[C@H]2[C@@H](c3ccccn3)NC(=S)N2c2ccc(Oc3ccccc3)cc2)cc1. The van der Waals surface area contributed by atoms with Crippen molar-refractivity contribution in [2.75, 3.05) is 12.0 Å². The van der Waals surface area contributed by atoms with E-state index in [0.717, 1.165) is 40.0 Å². The standard InChI is InChI=1S/C31H26N4O2S/c1-36-24-16-12-22(13-17-24)34-21-7-11-28(34)30-29(27-10-5-6-20-32-27)33-31(38)35(30)23-14-18-26(19-15-23)37-25-8-3-2-4-9-25/h2-21,29-30H,1H3,(H,33,38)/t29-,30+/m1/s1. The highest BCUT2D eigenvalue weighted by molar-refractivity contribution is 7.80. The highest BCUT2D eigenvalue weighted by atomic mass is 32.1. The fourth-order valence-corrected chi connectivity index (χ4v) is 5.19. The fourth-order valence-electron chi connectivity index (χ4n) is 4.85. The monoisotopic (exact) mass is 518 g/mol. The summed E-state index contributed by atoms with van der Waals surface area (Å²) in [5.74, 6) is 2.37. The number of anilines is 1. The molecule has 0 bridgehead atoms. The smallest absolute Gasteiger partial charge is 0.174 e. The first kappa shape index (κ1) is 23.8. The Balaban J connectivity index is 1.39. The average Bonchev–Trinajstić information content (AvgIpc) is 3.59. The molecule has 0 unspecified atom stereocenters. The zero-order chi connectivity index (χ0) is 25.9. The van der Waals surface area contributed by atoms with E-state index in [1.807, 2.05) is 91.1 Å². The zero-order valence-corrected chi connectivity index (χ0v) is 21.6. The molecule has 0 saturated carbocycles. The summed E-state index contributed by atoms with van der Waals surface area (Å²) in [6, 6.07) is 35.7. The summed E-state index contributed by atoms with van der Waals surface area (Å²) in [6.45, 7) is 0. The van der Waals surface area contributed by atoms with Crippen LogP contribution in [0, 0.1) is 0 Å². The van der Waals surface area contributed by atoms with E-state index in [1.165, 1.54) is 0 Å². The molecule has 0 aliphatic carbocycles. The van der Waals surface area contributed by atoms with Gasteiger partial charge in [0.05, 0.1) is 18.8 Å². The van der Waals surface area contributed by atoms with Crippen molar-refractivity contribution < 1.29 is 9.47 Å². The van der Waals surface area contributed by atoms with Crippen LogP contribution in [0.2, 0.25) is 0 Å².